The van der Waals surface area contributed by atoms with Crippen LogP contribution in [0.3, 0.4) is 0 Å². The molecule has 2 aromatic carbocycles. The first kappa shape index (κ1) is 18.4. The number of carbonyl (C=O) groups excluding carboxylic acids is 1. The molecular weight excluding hydrogens is 348 g/mol. The van der Waals surface area contributed by atoms with Crippen molar-refractivity contribution in [1.82, 2.24) is 5.43 Å². The van der Waals surface area contributed by atoms with Crippen molar-refractivity contribution >= 4 is 27.3 Å². The van der Waals surface area contributed by atoms with Gasteiger partial charge >= 0.3 is 0 Å². The molecule has 1 unspecified atom stereocenters. The quantitative estimate of drug-likeness (QED) is 0.447. The van der Waals surface area contributed by atoms with Crippen LogP contribution in [0.15, 0.2) is 54.6 Å². The van der Waals surface area contributed by atoms with E-state index in [-0.39, 0.29) is 17.9 Å². The van der Waals surface area contributed by atoms with E-state index in [1.165, 1.54) is 0 Å². The molecule has 0 heterocycles. The molecule has 0 aliphatic heterocycles. The Bertz CT molecular complexity index is 777. The molecule has 1 atom stereocenters. The molecule has 0 spiro atoms. The predicted octanol–water partition coefficient (Wildman–Crippen LogP) is 2.42. The molecule has 0 aliphatic rings. The lowest BCUT2D eigenvalue weighted by molar-refractivity contribution is -0.121. The SMILES string of the molecule is NNC(=O)CC(CS(=O)(=O)Cc1ccc(Cl)cc1)c1ccccc1. The molecule has 0 aliphatic carbocycles. The standard InChI is InChI=1S/C17H19ClN2O3S/c18-16-8-6-13(7-9-16)11-24(22,23)12-15(10-17(21)20-19)14-4-2-1-3-5-14/h1-9,15H,10-12,19H2,(H,20,21). The fourth-order valence-electron chi connectivity index (χ4n) is 2.48. The first-order chi connectivity index (χ1) is 11.4. The third kappa shape index (κ3) is 5.63. The zero-order chi connectivity index (χ0) is 17.6. The Kier molecular flexibility index (Phi) is 6.36. The number of nitrogens with two attached hydrogens (primary N) is 1. The normalized spacial score (nSPS) is 12.6. The molecule has 24 heavy (non-hydrogen) atoms. The third-order valence-corrected chi connectivity index (χ3v) is 5.55. The first-order valence-electron chi connectivity index (χ1n) is 7.39. The topological polar surface area (TPSA) is 89.3 Å². The van der Waals surface area contributed by atoms with Gasteiger partial charge in [0.2, 0.25) is 5.91 Å². The van der Waals surface area contributed by atoms with Crippen molar-refractivity contribution in [2.45, 2.75) is 18.1 Å². The number of benzene rings is 2. The van der Waals surface area contributed by atoms with Gasteiger partial charge in [0.25, 0.3) is 0 Å². The van der Waals surface area contributed by atoms with Gasteiger partial charge in [-0.3, -0.25) is 10.2 Å². The second-order valence-electron chi connectivity index (χ2n) is 5.56. The summed E-state index contributed by atoms with van der Waals surface area (Å²) in [6, 6.07) is 15.8. The average molecular weight is 367 g/mol. The Balaban J connectivity index is 2.17. The number of carbonyl (C=O) groups is 1. The number of sulfone groups is 1. The molecule has 0 saturated heterocycles. The van der Waals surface area contributed by atoms with Crippen LogP contribution in [0, 0.1) is 0 Å². The van der Waals surface area contributed by atoms with Crippen molar-refractivity contribution in [3.63, 3.8) is 0 Å². The van der Waals surface area contributed by atoms with E-state index in [4.69, 9.17) is 17.4 Å². The fourth-order valence-corrected chi connectivity index (χ4v) is 4.35. The zero-order valence-corrected chi connectivity index (χ0v) is 14.6. The molecule has 1 amide bonds. The molecule has 0 aromatic heterocycles. The van der Waals surface area contributed by atoms with E-state index in [9.17, 15) is 13.2 Å². The molecule has 0 saturated carbocycles. The summed E-state index contributed by atoms with van der Waals surface area (Å²) >= 11 is 5.81. The molecule has 2 rings (SSSR count). The zero-order valence-electron chi connectivity index (χ0n) is 13.0. The molecule has 128 valence electrons. The predicted molar refractivity (Wildman–Crippen MR) is 95.1 cm³/mol. The number of hydrogen-bond acceptors (Lipinski definition) is 4. The summed E-state index contributed by atoms with van der Waals surface area (Å²) in [5, 5.41) is 0.554. The van der Waals surface area contributed by atoms with Crippen molar-refractivity contribution in [3.8, 4) is 0 Å². The summed E-state index contributed by atoms with van der Waals surface area (Å²) in [5.74, 6) is 4.06. The highest BCUT2D eigenvalue weighted by Crippen LogP contribution is 2.23. The van der Waals surface area contributed by atoms with Crippen LogP contribution in [-0.4, -0.2) is 20.1 Å². The summed E-state index contributed by atoms with van der Waals surface area (Å²) in [4.78, 5) is 11.6. The molecule has 0 radical (unpaired) electrons. The molecule has 5 nitrogen and oxygen atoms in total. The highest BCUT2D eigenvalue weighted by atomic mass is 35.5. The Hall–Kier alpha value is -1.89. The van der Waals surface area contributed by atoms with Gasteiger partial charge in [-0.15, -0.1) is 0 Å². The van der Waals surface area contributed by atoms with Gasteiger partial charge in [-0.1, -0.05) is 54.1 Å². The van der Waals surface area contributed by atoms with Crippen molar-refractivity contribution in [2.75, 3.05) is 5.75 Å². The van der Waals surface area contributed by atoms with Crippen LogP contribution in [-0.2, 0) is 20.4 Å². The van der Waals surface area contributed by atoms with Crippen LogP contribution < -0.4 is 11.3 Å². The van der Waals surface area contributed by atoms with Gasteiger partial charge in [0.15, 0.2) is 9.84 Å². The smallest absolute Gasteiger partial charge is 0.234 e. The second-order valence-corrected chi connectivity index (χ2v) is 8.11. The van der Waals surface area contributed by atoms with Gasteiger partial charge in [0.05, 0.1) is 11.5 Å². The maximum absolute atomic E-state index is 12.5. The molecule has 0 bridgehead atoms. The molecule has 2 aromatic rings. The highest BCUT2D eigenvalue weighted by molar-refractivity contribution is 7.90. The molecule has 7 heteroatoms. The van der Waals surface area contributed by atoms with Crippen LogP contribution >= 0.6 is 11.6 Å². The van der Waals surface area contributed by atoms with Crippen LogP contribution in [0.1, 0.15) is 23.5 Å². The largest absolute Gasteiger partial charge is 0.294 e. The van der Waals surface area contributed by atoms with Gasteiger partial charge in [0, 0.05) is 17.4 Å². The summed E-state index contributed by atoms with van der Waals surface area (Å²) in [7, 11) is -3.41. The molecular formula is C17H19ClN2O3S. The lowest BCUT2D eigenvalue weighted by atomic mass is 9.97. The van der Waals surface area contributed by atoms with Gasteiger partial charge in [-0.2, -0.15) is 0 Å². The van der Waals surface area contributed by atoms with Crippen LogP contribution in [0.5, 0.6) is 0 Å². The van der Waals surface area contributed by atoms with E-state index < -0.39 is 21.7 Å². The number of hydrogen-bond donors (Lipinski definition) is 2. The van der Waals surface area contributed by atoms with Gasteiger partial charge < -0.3 is 0 Å². The highest BCUT2D eigenvalue weighted by Gasteiger charge is 2.23. The minimum absolute atomic E-state index is 0.0142. The van der Waals surface area contributed by atoms with E-state index in [2.05, 4.69) is 5.43 Å². The van der Waals surface area contributed by atoms with E-state index in [1.54, 1.807) is 24.3 Å². The summed E-state index contributed by atoms with van der Waals surface area (Å²) < 4.78 is 25.1. The fraction of sp³-hybridized carbons (Fsp3) is 0.235. The summed E-state index contributed by atoms with van der Waals surface area (Å²) in [6.45, 7) is 0. The Morgan fingerprint density at radius 3 is 2.29 bits per heavy atom. The van der Waals surface area contributed by atoms with E-state index in [1.807, 2.05) is 30.3 Å². The van der Waals surface area contributed by atoms with Crippen LogP contribution in [0.25, 0.3) is 0 Å². The number of hydrazine groups is 1. The number of halogens is 1. The van der Waals surface area contributed by atoms with Gasteiger partial charge in [0.1, 0.15) is 0 Å². The monoisotopic (exact) mass is 366 g/mol. The summed E-state index contributed by atoms with van der Waals surface area (Å²) in [6.07, 6.45) is 0.0142. The third-order valence-electron chi connectivity index (χ3n) is 3.62. The Morgan fingerprint density at radius 2 is 1.71 bits per heavy atom. The van der Waals surface area contributed by atoms with E-state index in [0.29, 0.717) is 10.6 Å². The second kappa shape index (κ2) is 8.28. The maximum Gasteiger partial charge on any atom is 0.234 e. The minimum atomic E-state index is -3.41. The number of nitrogens with one attached hydrogen (secondary N) is 1. The van der Waals surface area contributed by atoms with E-state index >= 15 is 0 Å². The maximum atomic E-state index is 12.5. The van der Waals surface area contributed by atoms with Crippen molar-refractivity contribution < 1.29 is 13.2 Å². The number of rotatable bonds is 7. The molecule has 0 fully saturated rings. The van der Waals surface area contributed by atoms with Crippen molar-refractivity contribution in [1.29, 1.82) is 0 Å². The lowest BCUT2D eigenvalue weighted by Gasteiger charge is -2.17. The Labute approximate surface area is 146 Å². The van der Waals surface area contributed by atoms with Crippen molar-refractivity contribution in [3.05, 3.63) is 70.7 Å². The lowest BCUT2D eigenvalue weighted by Crippen LogP contribution is -2.32. The average Bonchev–Trinajstić information content (AvgIpc) is 2.56. The van der Waals surface area contributed by atoms with E-state index in [0.717, 1.165) is 5.56 Å². The van der Waals surface area contributed by atoms with Gasteiger partial charge in [-0.05, 0) is 23.3 Å². The Morgan fingerprint density at radius 1 is 1.08 bits per heavy atom. The van der Waals surface area contributed by atoms with Gasteiger partial charge in [-0.25, -0.2) is 14.3 Å². The summed E-state index contributed by atoms with van der Waals surface area (Å²) in [5.41, 5.74) is 3.51. The molecule has 3 N–H and O–H groups in total. The van der Waals surface area contributed by atoms with Crippen molar-refractivity contribution in [2.24, 2.45) is 5.84 Å². The number of amides is 1. The van der Waals surface area contributed by atoms with Crippen LogP contribution in [0.4, 0.5) is 0 Å². The van der Waals surface area contributed by atoms with Crippen LogP contribution in [0.2, 0.25) is 5.02 Å². The first-order valence-corrected chi connectivity index (χ1v) is 9.59. The minimum Gasteiger partial charge on any atom is -0.294 e.